The van der Waals surface area contributed by atoms with Gasteiger partial charge in [0.05, 0.1) is 14.2 Å². The van der Waals surface area contributed by atoms with Gasteiger partial charge in [-0.2, -0.15) is 0 Å². The average Bonchev–Trinajstić information content (AvgIpc) is 2.69. The van der Waals surface area contributed by atoms with Crippen LogP contribution < -0.4 is 9.47 Å². The minimum atomic E-state index is 0.178. The molecule has 0 saturated carbocycles. The highest BCUT2D eigenvalue weighted by molar-refractivity contribution is 5.40. The molecule has 0 bridgehead atoms. The van der Waals surface area contributed by atoms with Gasteiger partial charge in [-0.25, -0.2) is 0 Å². The predicted octanol–water partition coefficient (Wildman–Crippen LogP) is 4.39. The zero-order chi connectivity index (χ0) is 20.8. The molecule has 0 saturated heterocycles. The molecule has 3 rings (SSSR count). The predicted molar refractivity (Wildman–Crippen MR) is 112 cm³/mol. The van der Waals surface area contributed by atoms with Gasteiger partial charge in [-0.15, -0.1) is 0 Å². The molecule has 0 amide bonds. The number of phenolic OH excluding ortho intramolecular Hbond substituents is 3. The number of benzene rings is 3. The molecular weight excluding hydrogens is 368 g/mol. The van der Waals surface area contributed by atoms with Crippen LogP contribution in [0.25, 0.3) is 0 Å². The fourth-order valence-electron chi connectivity index (χ4n) is 3.42. The van der Waals surface area contributed by atoms with Crippen LogP contribution in [0.3, 0.4) is 0 Å². The van der Waals surface area contributed by atoms with E-state index in [0.29, 0.717) is 11.5 Å². The van der Waals surface area contributed by atoms with Crippen molar-refractivity contribution in [2.45, 2.75) is 25.7 Å². The highest BCUT2D eigenvalue weighted by Gasteiger charge is 2.06. The van der Waals surface area contributed by atoms with Gasteiger partial charge in [0.25, 0.3) is 0 Å². The molecule has 0 heterocycles. The number of ether oxygens (including phenoxy) is 2. The molecule has 5 heteroatoms. The summed E-state index contributed by atoms with van der Waals surface area (Å²) >= 11 is 0. The van der Waals surface area contributed by atoms with Crippen molar-refractivity contribution in [3.8, 4) is 28.7 Å². The van der Waals surface area contributed by atoms with E-state index < -0.39 is 0 Å². The number of hydrogen-bond donors (Lipinski definition) is 3. The minimum absolute atomic E-state index is 0.178. The van der Waals surface area contributed by atoms with Crippen LogP contribution in [0.4, 0.5) is 0 Å². The van der Waals surface area contributed by atoms with Crippen molar-refractivity contribution in [3.05, 3.63) is 76.9 Å². The molecule has 0 fully saturated rings. The van der Waals surface area contributed by atoms with Crippen LogP contribution in [0, 0.1) is 0 Å². The number of hydrogen-bond acceptors (Lipinski definition) is 5. The first-order chi connectivity index (χ1) is 13.9. The van der Waals surface area contributed by atoms with Crippen LogP contribution in [0.5, 0.6) is 28.7 Å². The third kappa shape index (κ3) is 5.82. The third-order valence-electron chi connectivity index (χ3n) is 4.82. The van der Waals surface area contributed by atoms with E-state index in [4.69, 9.17) is 9.47 Å². The quantitative estimate of drug-likeness (QED) is 0.528. The lowest BCUT2D eigenvalue weighted by molar-refractivity contribution is 0.406. The summed E-state index contributed by atoms with van der Waals surface area (Å²) in [5.41, 5.74) is 3.99. The number of aryl methyl sites for hydroxylation is 4. The van der Waals surface area contributed by atoms with E-state index in [-0.39, 0.29) is 17.2 Å². The van der Waals surface area contributed by atoms with Gasteiger partial charge in [-0.05, 0) is 84.3 Å². The van der Waals surface area contributed by atoms with E-state index in [1.165, 1.54) is 0 Å². The molecule has 0 atom stereocenters. The van der Waals surface area contributed by atoms with Crippen molar-refractivity contribution < 1.29 is 24.8 Å². The highest BCUT2D eigenvalue weighted by atomic mass is 16.5. The van der Waals surface area contributed by atoms with Gasteiger partial charge in [-0.1, -0.05) is 6.07 Å². The summed E-state index contributed by atoms with van der Waals surface area (Å²) in [6, 6.07) is 16.0. The summed E-state index contributed by atoms with van der Waals surface area (Å²) in [5, 5.41) is 29.7. The summed E-state index contributed by atoms with van der Waals surface area (Å²) < 4.78 is 10.4. The lowest BCUT2D eigenvalue weighted by atomic mass is 9.98. The van der Waals surface area contributed by atoms with Crippen LogP contribution >= 0.6 is 0 Å². The molecule has 3 aromatic rings. The first kappa shape index (κ1) is 20.4. The second-order valence-electron chi connectivity index (χ2n) is 7.09. The Morgan fingerprint density at radius 1 is 0.483 bits per heavy atom. The maximum absolute atomic E-state index is 10.1. The first-order valence-electron chi connectivity index (χ1n) is 9.51. The van der Waals surface area contributed by atoms with E-state index in [2.05, 4.69) is 6.07 Å². The summed E-state index contributed by atoms with van der Waals surface area (Å²) in [7, 11) is 3.14. The smallest absolute Gasteiger partial charge is 0.122 e. The number of methoxy groups -OCH3 is 2. The van der Waals surface area contributed by atoms with Gasteiger partial charge in [-0.3, -0.25) is 0 Å². The van der Waals surface area contributed by atoms with Crippen LogP contribution in [0.2, 0.25) is 0 Å². The Morgan fingerprint density at radius 3 is 1.14 bits per heavy atom. The van der Waals surface area contributed by atoms with Crippen LogP contribution in [0.15, 0.2) is 54.6 Å². The first-order valence-corrected chi connectivity index (χ1v) is 9.51. The van der Waals surface area contributed by atoms with Gasteiger partial charge < -0.3 is 24.8 Å². The molecule has 0 unspecified atom stereocenters. The molecule has 0 spiro atoms. The number of rotatable bonds is 8. The standard InChI is InChI=1S/C24H26O5/c1-28-23-12-18(10-21(26)14-23)5-3-16-7-17(9-20(25)8-16)4-6-19-11-22(27)15-24(13-19)29-2/h7-15,25-27H,3-6H2,1-2H3. The van der Waals surface area contributed by atoms with Crippen LogP contribution in [0.1, 0.15) is 22.3 Å². The van der Waals surface area contributed by atoms with E-state index in [9.17, 15) is 15.3 Å². The van der Waals surface area contributed by atoms with E-state index in [1.807, 2.05) is 12.1 Å². The van der Waals surface area contributed by atoms with Gasteiger partial charge in [0.2, 0.25) is 0 Å². The Kier molecular flexibility index (Phi) is 6.50. The monoisotopic (exact) mass is 394 g/mol. The Morgan fingerprint density at radius 2 is 0.793 bits per heavy atom. The Balaban J connectivity index is 1.68. The number of aromatic hydroxyl groups is 3. The summed E-state index contributed by atoms with van der Waals surface area (Å²) in [5.74, 6) is 1.84. The van der Waals surface area contributed by atoms with Crippen molar-refractivity contribution in [1.29, 1.82) is 0 Å². The van der Waals surface area contributed by atoms with Crippen molar-refractivity contribution in [1.82, 2.24) is 0 Å². The van der Waals surface area contributed by atoms with E-state index >= 15 is 0 Å². The molecule has 5 nitrogen and oxygen atoms in total. The zero-order valence-electron chi connectivity index (χ0n) is 16.7. The molecule has 0 aliphatic carbocycles. The van der Waals surface area contributed by atoms with E-state index in [1.54, 1.807) is 50.6 Å². The number of phenols is 3. The van der Waals surface area contributed by atoms with E-state index in [0.717, 1.165) is 47.9 Å². The molecule has 0 radical (unpaired) electrons. The van der Waals surface area contributed by atoms with Gasteiger partial charge in [0.15, 0.2) is 0 Å². The Labute approximate surface area is 170 Å². The molecule has 29 heavy (non-hydrogen) atoms. The molecule has 0 aromatic heterocycles. The van der Waals surface area contributed by atoms with Gasteiger partial charge in [0, 0.05) is 12.1 Å². The maximum Gasteiger partial charge on any atom is 0.122 e. The summed E-state index contributed by atoms with van der Waals surface area (Å²) in [6.45, 7) is 0. The van der Waals surface area contributed by atoms with Crippen molar-refractivity contribution in [2.24, 2.45) is 0 Å². The molecule has 0 aliphatic heterocycles. The fraction of sp³-hybridized carbons (Fsp3) is 0.250. The third-order valence-corrected chi connectivity index (χ3v) is 4.82. The van der Waals surface area contributed by atoms with Crippen molar-refractivity contribution >= 4 is 0 Å². The minimum Gasteiger partial charge on any atom is -0.508 e. The largest absolute Gasteiger partial charge is 0.508 e. The molecule has 3 N–H and O–H groups in total. The highest BCUT2D eigenvalue weighted by Crippen LogP contribution is 2.25. The second-order valence-corrected chi connectivity index (χ2v) is 7.09. The van der Waals surface area contributed by atoms with Crippen molar-refractivity contribution in [3.63, 3.8) is 0 Å². The summed E-state index contributed by atoms with van der Waals surface area (Å²) in [4.78, 5) is 0. The Hall–Kier alpha value is -3.34. The van der Waals surface area contributed by atoms with Crippen LogP contribution in [-0.2, 0) is 25.7 Å². The lowest BCUT2D eigenvalue weighted by Crippen LogP contribution is -1.97. The summed E-state index contributed by atoms with van der Waals surface area (Å²) in [6.07, 6.45) is 2.90. The molecular formula is C24H26O5. The molecule has 152 valence electrons. The van der Waals surface area contributed by atoms with Gasteiger partial charge in [0.1, 0.15) is 28.7 Å². The SMILES string of the molecule is COc1cc(O)cc(CCc2cc(O)cc(CCc3cc(O)cc(OC)c3)c2)c1. The zero-order valence-corrected chi connectivity index (χ0v) is 16.7. The normalized spacial score (nSPS) is 10.7. The molecule has 3 aromatic carbocycles. The average molecular weight is 394 g/mol. The maximum atomic E-state index is 10.1. The van der Waals surface area contributed by atoms with Gasteiger partial charge >= 0.3 is 0 Å². The lowest BCUT2D eigenvalue weighted by Gasteiger charge is -2.10. The van der Waals surface area contributed by atoms with Crippen molar-refractivity contribution in [2.75, 3.05) is 14.2 Å². The van der Waals surface area contributed by atoms with Crippen LogP contribution in [-0.4, -0.2) is 29.5 Å². The fourth-order valence-corrected chi connectivity index (χ4v) is 3.42. The molecule has 0 aliphatic rings. The topological polar surface area (TPSA) is 79.2 Å². The Bertz CT molecular complexity index is 905. The second kappa shape index (κ2) is 9.24.